The molecule has 4 rings (SSSR count). The Kier molecular flexibility index (Phi) is 4.48. The Morgan fingerprint density at radius 3 is 2.52 bits per heavy atom. The van der Waals surface area contributed by atoms with E-state index < -0.39 is 5.60 Å². The van der Waals surface area contributed by atoms with Crippen molar-refractivity contribution in [3.05, 3.63) is 59.7 Å². The highest BCUT2D eigenvalue weighted by Gasteiger charge is 2.54. The zero-order chi connectivity index (χ0) is 19.0. The van der Waals surface area contributed by atoms with E-state index in [0.29, 0.717) is 18.5 Å². The van der Waals surface area contributed by atoms with Crippen LogP contribution < -0.4 is 0 Å². The first-order chi connectivity index (χ1) is 13.0. The molecule has 2 aliphatic rings. The summed E-state index contributed by atoms with van der Waals surface area (Å²) in [6, 6.07) is 15.7. The second-order valence-corrected chi connectivity index (χ2v) is 7.49. The SMILES string of the molecule is CON=C1CC(C2(O)CC2)N(C(=O)c2ccc(-c3ccccc3C)cc2)C1. The molecule has 1 saturated heterocycles. The second kappa shape index (κ2) is 6.82. The molecule has 1 atom stereocenters. The van der Waals surface area contributed by atoms with Gasteiger partial charge in [0.15, 0.2) is 0 Å². The molecule has 2 aromatic carbocycles. The molecule has 1 unspecified atom stereocenters. The molecular weight excluding hydrogens is 340 g/mol. The van der Waals surface area contributed by atoms with Gasteiger partial charge in [0.2, 0.25) is 0 Å². The van der Waals surface area contributed by atoms with Gasteiger partial charge in [0.05, 0.1) is 23.9 Å². The molecule has 1 saturated carbocycles. The number of amides is 1. The summed E-state index contributed by atoms with van der Waals surface area (Å²) in [5.74, 6) is -0.0713. The Morgan fingerprint density at radius 1 is 1.19 bits per heavy atom. The van der Waals surface area contributed by atoms with Gasteiger partial charge in [0, 0.05) is 12.0 Å². The number of benzene rings is 2. The van der Waals surface area contributed by atoms with E-state index in [0.717, 1.165) is 29.7 Å². The van der Waals surface area contributed by atoms with Gasteiger partial charge < -0.3 is 14.8 Å². The van der Waals surface area contributed by atoms with Crippen molar-refractivity contribution in [2.45, 2.75) is 37.8 Å². The number of hydrogen-bond acceptors (Lipinski definition) is 4. The van der Waals surface area contributed by atoms with E-state index in [1.807, 2.05) is 36.4 Å². The molecule has 1 aliphatic carbocycles. The Morgan fingerprint density at radius 2 is 1.89 bits per heavy atom. The van der Waals surface area contributed by atoms with Gasteiger partial charge >= 0.3 is 0 Å². The minimum Gasteiger partial charge on any atom is -0.399 e. The van der Waals surface area contributed by atoms with E-state index in [1.54, 1.807) is 4.90 Å². The number of likely N-dealkylation sites (tertiary alicyclic amines) is 1. The summed E-state index contributed by atoms with van der Waals surface area (Å²) < 4.78 is 0. The molecule has 1 heterocycles. The molecule has 0 aromatic heterocycles. The molecule has 140 valence electrons. The number of hydrogen-bond donors (Lipinski definition) is 1. The largest absolute Gasteiger partial charge is 0.399 e. The first-order valence-corrected chi connectivity index (χ1v) is 9.30. The van der Waals surface area contributed by atoms with Crippen molar-refractivity contribution >= 4 is 11.6 Å². The smallest absolute Gasteiger partial charge is 0.254 e. The van der Waals surface area contributed by atoms with E-state index in [-0.39, 0.29) is 11.9 Å². The number of rotatable bonds is 4. The van der Waals surface area contributed by atoms with E-state index in [4.69, 9.17) is 4.84 Å². The fraction of sp³-hybridized carbons (Fsp3) is 0.364. The van der Waals surface area contributed by atoms with E-state index in [2.05, 4.69) is 24.2 Å². The molecule has 1 aliphatic heterocycles. The predicted octanol–water partition coefficient (Wildman–Crippen LogP) is 3.40. The number of oxime groups is 1. The summed E-state index contributed by atoms with van der Waals surface area (Å²) in [6.07, 6.45) is 2.03. The Bertz CT molecular complexity index is 885. The van der Waals surface area contributed by atoms with Crippen LogP contribution in [0.25, 0.3) is 11.1 Å². The fourth-order valence-electron chi connectivity index (χ4n) is 3.91. The lowest BCUT2D eigenvalue weighted by molar-refractivity contribution is 0.0386. The maximum Gasteiger partial charge on any atom is 0.254 e. The highest BCUT2D eigenvalue weighted by atomic mass is 16.6. The summed E-state index contributed by atoms with van der Waals surface area (Å²) in [5, 5.41) is 14.6. The molecule has 2 aromatic rings. The van der Waals surface area contributed by atoms with Crippen molar-refractivity contribution < 1.29 is 14.7 Å². The van der Waals surface area contributed by atoms with E-state index in [1.165, 1.54) is 12.7 Å². The van der Waals surface area contributed by atoms with Gasteiger partial charge in [-0.25, -0.2) is 0 Å². The molecule has 27 heavy (non-hydrogen) atoms. The summed E-state index contributed by atoms with van der Waals surface area (Å²) in [6.45, 7) is 2.48. The number of aliphatic hydroxyl groups is 1. The Hall–Kier alpha value is -2.66. The predicted molar refractivity (Wildman–Crippen MR) is 105 cm³/mol. The highest BCUT2D eigenvalue weighted by Crippen LogP contribution is 2.44. The van der Waals surface area contributed by atoms with Crippen molar-refractivity contribution in [2.24, 2.45) is 5.16 Å². The Balaban J connectivity index is 1.58. The van der Waals surface area contributed by atoms with Crippen molar-refractivity contribution in [1.29, 1.82) is 0 Å². The highest BCUT2D eigenvalue weighted by molar-refractivity contribution is 6.01. The molecule has 0 spiro atoms. The monoisotopic (exact) mass is 364 g/mol. The summed E-state index contributed by atoms with van der Waals surface area (Å²) in [7, 11) is 1.50. The average Bonchev–Trinajstić information content (AvgIpc) is 3.28. The molecule has 5 heteroatoms. The van der Waals surface area contributed by atoms with Gasteiger partial charge in [0.25, 0.3) is 5.91 Å². The lowest BCUT2D eigenvalue weighted by Gasteiger charge is -2.28. The molecule has 1 N–H and O–H groups in total. The second-order valence-electron chi connectivity index (χ2n) is 7.49. The minimum absolute atomic E-state index is 0.0713. The molecule has 5 nitrogen and oxygen atoms in total. The van der Waals surface area contributed by atoms with Crippen LogP contribution in [0.5, 0.6) is 0 Å². The normalized spacial score (nSPS) is 22.1. The standard InChI is InChI=1S/C22H24N2O3/c1-15-5-3-4-6-19(15)16-7-9-17(10-8-16)21(25)24-14-18(23-27-2)13-20(24)22(26)11-12-22/h3-10,20,26H,11-14H2,1-2H3. The maximum absolute atomic E-state index is 13.1. The Labute approximate surface area is 159 Å². The number of carbonyl (C=O) groups is 1. The number of aryl methyl sites for hydroxylation is 1. The van der Waals surface area contributed by atoms with Crippen LogP contribution in [-0.4, -0.2) is 46.9 Å². The first kappa shape index (κ1) is 17.7. The van der Waals surface area contributed by atoms with Gasteiger partial charge in [-0.15, -0.1) is 0 Å². The third-order valence-electron chi connectivity index (χ3n) is 5.61. The van der Waals surface area contributed by atoms with Crippen molar-refractivity contribution in [3.8, 4) is 11.1 Å². The van der Waals surface area contributed by atoms with Crippen LogP contribution >= 0.6 is 0 Å². The van der Waals surface area contributed by atoms with Crippen LogP contribution in [0.2, 0.25) is 0 Å². The zero-order valence-electron chi connectivity index (χ0n) is 15.7. The molecule has 2 fully saturated rings. The van der Waals surface area contributed by atoms with E-state index in [9.17, 15) is 9.90 Å². The first-order valence-electron chi connectivity index (χ1n) is 9.30. The molecule has 0 radical (unpaired) electrons. The van der Waals surface area contributed by atoms with Crippen LogP contribution in [-0.2, 0) is 4.84 Å². The maximum atomic E-state index is 13.1. The van der Waals surface area contributed by atoms with Crippen molar-refractivity contribution in [1.82, 2.24) is 4.90 Å². The van der Waals surface area contributed by atoms with Crippen LogP contribution in [0, 0.1) is 6.92 Å². The van der Waals surface area contributed by atoms with Gasteiger partial charge in [-0.1, -0.05) is 41.6 Å². The van der Waals surface area contributed by atoms with Gasteiger partial charge in [-0.05, 0) is 48.6 Å². The van der Waals surface area contributed by atoms with Crippen molar-refractivity contribution in [3.63, 3.8) is 0 Å². The van der Waals surface area contributed by atoms with E-state index >= 15 is 0 Å². The van der Waals surface area contributed by atoms with Gasteiger partial charge in [-0.3, -0.25) is 4.79 Å². The molecule has 0 bridgehead atoms. The van der Waals surface area contributed by atoms with Gasteiger partial charge in [-0.2, -0.15) is 0 Å². The third-order valence-corrected chi connectivity index (χ3v) is 5.61. The minimum atomic E-state index is -0.776. The lowest BCUT2D eigenvalue weighted by Crippen LogP contribution is -2.44. The summed E-state index contributed by atoms with van der Waals surface area (Å²) in [5.41, 5.74) is 4.10. The van der Waals surface area contributed by atoms with Crippen molar-refractivity contribution in [2.75, 3.05) is 13.7 Å². The molecular formula is C22H24N2O3. The average molecular weight is 364 g/mol. The van der Waals surface area contributed by atoms with Crippen LogP contribution in [0.1, 0.15) is 35.2 Å². The third kappa shape index (κ3) is 3.35. The fourth-order valence-corrected chi connectivity index (χ4v) is 3.91. The van der Waals surface area contributed by atoms with Gasteiger partial charge in [0.1, 0.15) is 7.11 Å². The van der Waals surface area contributed by atoms with Crippen LogP contribution in [0.4, 0.5) is 0 Å². The van der Waals surface area contributed by atoms with Crippen LogP contribution in [0.3, 0.4) is 0 Å². The lowest BCUT2D eigenvalue weighted by atomic mass is 9.99. The quantitative estimate of drug-likeness (QED) is 0.846. The zero-order valence-corrected chi connectivity index (χ0v) is 15.7. The molecule has 1 amide bonds. The summed E-state index contributed by atoms with van der Waals surface area (Å²) in [4.78, 5) is 19.7. The number of carbonyl (C=O) groups excluding carboxylic acids is 1. The van der Waals surface area contributed by atoms with Crippen LogP contribution in [0.15, 0.2) is 53.7 Å². The number of nitrogens with zero attached hydrogens (tertiary/aromatic N) is 2. The summed E-state index contributed by atoms with van der Waals surface area (Å²) >= 11 is 0. The topological polar surface area (TPSA) is 62.1 Å².